The van der Waals surface area contributed by atoms with E-state index in [1.165, 1.54) is 5.57 Å². The van der Waals surface area contributed by atoms with E-state index in [9.17, 15) is 18.7 Å². The van der Waals surface area contributed by atoms with Crippen molar-refractivity contribution in [2.24, 2.45) is 11.8 Å². The summed E-state index contributed by atoms with van der Waals surface area (Å²) in [5.74, 6) is -1.90. The van der Waals surface area contributed by atoms with Crippen molar-refractivity contribution in [3.8, 4) is 0 Å². The SMILES string of the molecule is CC/C(C)=C/C1C=C(NC(=O)C(O)c2cc(F)cc(F)c2)C=CC1CC. The number of nitrogens with one attached hydrogen (secondary N) is 1. The Morgan fingerprint density at radius 1 is 1.27 bits per heavy atom. The maximum absolute atomic E-state index is 13.3. The molecule has 140 valence electrons. The molecule has 0 aliphatic heterocycles. The summed E-state index contributed by atoms with van der Waals surface area (Å²) in [4.78, 5) is 12.3. The van der Waals surface area contributed by atoms with E-state index in [-0.39, 0.29) is 11.5 Å². The molecular weight excluding hydrogens is 336 g/mol. The topological polar surface area (TPSA) is 49.3 Å². The van der Waals surface area contributed by atoms with Gasteiger partial charge in [-0.25, -0.2) is 8.78 Å². The molecule has 0 bridgehead atoms. The van der Waals surface area contributed by atoms with Gasteiger partial charge in [0.15, 0.2) is 6.10 Å². The molecule has 0 aromatic heterocycles. The Morgan fingerprint density at radius 2 is 1.92 bits per heavy atom. The van der Waals surface area contributed by atoms with Gasteiger partial charge in [0.05, 0.1) is 0 Å². The molecule has 5 heteroatoms. The summed E-state index contributed by atoms with van der Waals surface area (Å²) < 4.78 is 26.6. The van der Waals surface area contributed by atoms with Crippen molar-refractivity contribution in [1.82, 2.24) is 5.32 Å². The van der Waals surface area contributed by atoms with E-state index < -0.39 is 23.6 Å². The van der Waals surface area contributed by atoms with Gasteiger partial charge in [-0.15, -0.1) is 0 Å². The van der Waals surface area contributed by atoms with Gasteiger partial charge in [-0.05, 0) is 49.5 Å². The minimum absolute atomic E-state index is 0.120. The number of benzene rings is 1. The average molecular weight is 361 g/mol. The molecule has 0 spiro atoms. The predicted octanol–water partition coefficient (Wildman–Crippen LogP) is 4.57. The third kappa shape index (κ3) is 5.11. The van der Waals surface area contributed by atoms with Gasteiger partial charge in [0, 0.05) is 17.7 Å². The fourth-order valence-corrected chi connectivity index (χ4v) is 2.95. The maximum atomic E-state index is 13.3. The van der Waals surface area contributed by atoms with Crippen LogP contribution in [0.2, 0.25) is 0 Å². The first-order valence-corrected chi connectivity index (χ1v) is 8.86. The molecule has 3 atom stereocenters. The van der Waals surface area contributed by atoms with Crippen LogP contribution in [-0.4, -0.2) is 11.0 Å². The van der Waals surface area contributed by atoms with Crippen LogP contribution in [0.3, 0.4) is 0 Å². The van der Waals surface area contributed by atoms with E-state index in [2.05, 4.69) is 32.2 Å². The number of rotatable bonds is 6. The predicted molar refractivity (Wildman–Crippen MR) is 98.0 cm³/mol. The van der Waals surface area contributed by atoms with Gasteiger partial charge in [-0.2, -0.15) is 0 Å². The van der Waals surface area contributed by atoms with Crippen LogP contribution in [0.15, 0.2) is 53.8 Å². The summed E-state index contributed by atoms with van der Waals surface area (Å²) in [6, 6.07) is 2.59. The monoisotopic (exact) mass is 361 g/mol. The number of amides is 1. The zero-order chi connectivity index (χ0) is 19.3. The van der Waals surface area contributed by atoms with E-state index in [1.54, 1.807) is 6.08 Å². The van der Waals surface area contributed by atoms with Crippen molar-refractivity contribution < 1.29 is 18.7 Å². The van der Waals surface area contributed by atoms with Gasteiger partial charge in [0.2, 0.25) is 0 Å². The highest BCUT2D eigenvalue weighted by Crippen LogP contribution is 2.28. The fourth-order valence-electron chi connectivity index (χ4n) is 2.95. The quantitative estimate of drug-likeness (QED) is 0.730. The van der Waals surface area contributed by atoms with Crippen molar-refractivity contribution >= 4 is 5.91 Å². The fraction of sp³-hybridized carbons (Fsp3) is 0.381. The van der Waals surface area contributed by atoms with Crippen molar-refractivity contribution in [2.75, 3.05) is 0 Å². The Bertz CT molecular complexity index is 732. The number of carbonyl (C=O) groups is 1. The number of hydrogen-bond donors (Lipinski definition) is 2. The van der Waals surface area contributed by atoms with E-state index in [1.807, 2.05) is 12.2 Å². The molecular formula is C21H25F2NO2. The lowest BCUT2D eigenvalue weighted by atomic mass is 9.84. The smallest absolute Gasteiger partial charge is 0.257 e. The van der Waals surface area contributed by atoms with Gasteiger partial charge in [-0.3, -0.25) is 4.79 Å². The summed E-state index contributed by atoms with van der Waals surface area (Å²) in [6.45, 7) is 6.27. The lowest BCUT2D eigenvalue weighted by Crippen LogP contribution is -2.30. The number of carbonyl (C=O) groups excluding carboxylic acids is 1. The molecule has 3 nitrogen and oxygen atoms in total. The molecule has 26 heavy (non-hydrogen) atoms. The van der Waals surface area contributed by atoms with Gasteiger partial charge < -0.3 is 10.4 Å². The van der Waals surface area contributed by atoms with E-state index in [0.29, 0.717) is 17.7 Å². The zero-order valence-electron chi connectivity index (χ0n) is 15.3. The minimum atomic E-state index is -1.65. The van der Waals surface area contributed by atoms with Crippen molar-refractivity contribution in [1.29, 1.82) is 0 Å². The molecule has 3 unspecified atom stereocenters. The van der Waals surface area contributed by atoms with E-state index in [4.69, 9.17) is 0 Å². The number of aliphatic hydroxyl groups excluding tert-OH is 1. The third-order valence-corrected chi connectivity index (χ3v) is 4.61. The second kappa shape index (κ2) is 8.90. The highest BCUT2D eigenvalue weighted by atomic mass is 19.1. The molecule has 0 fully saturated rings. The van der Waals surface area contributed by atoms with Crippen LogP contribution in [-0.2, 0) is 4.79 Å². The molecule has 1 aliphatic rings. The van der Waals surface area contributed by atoms with E-state index in [0.717, 1.165) is 25.0 Å². The van der Waals surface area contributed by atoms with Crippen LogP contribution < -0.4 is 5.32 Å². The molecule has 0 heterocycles. The van der Waals surface area contributed by atoms with Crippen LogP contribution in [0.1, 0.15) is 45.3 Å². The van der Waals surface area contributed by atoms with Crippen LogP contribution in [0.5, 0.6) is 0 Å². The van der Waals surface area contributed by atoms with E-state index >= 15 is 0 Å². The van der Waals surface area contributed by atoms with Crippen LogP contribution in [0.25, 0.3) is 0 Å². The molecule has 1 aliphatic carbocycles. The van der Waals surface area contributed by atoms with Crippen LogP contribution in [0, 0.1) is 23.5 Å². The summed E-state index contributed by atoms with van der Waals surface area (Å²) in [7, 11) is 0. The largest absolute Gasteiger partial charge is 0.378 e. The number of hydrogen-bond acceptors (Lipinski definition) is 2. The van der Waals surface area contributed by atoms with Crippen LogP contribution in [0.4, 0.5) is 8.78 Å². The molecule has 0 radical (unpaired) electrons. The Hall–Kier alpha value is -2.27. The van der Waals surface area contributed by atoms with Gasteiger partial charge in [-0.1, -0.05) is 37.6 Å². The molecule has 0 saturated heterocycles. The number of halogens is 2. The first-order chi connectivity index (χ1) is 12.3. The van der Waals surface area contributed by atoms with Gasteiger partial charge in [0.1, 0.15) is 11.6 Å². The maximum Gasteiger partial charge on any atom is 0.257 e. The summed E-state index contributed by atoms with van der Waals surface area (Å²) in [5, 5.41) is 12.7. The molecule has 0 saturated carbocycles. The standard InChI is InChI=1S/C21H25F2NO2/c1-4-13(3)8-15-11-19(7-6-14(15)5-2)24-21(26)20(25)16-9-17(22)12-18(23)10-16/h6-12,14-15,20,25H,4-5H2,1-3H3,(H,24,26)/b13-8+. The lowest BCUT2D eigenvalue weighted by molar-refractivity contribution is -0.128. The summed E-state index contributed by atoms with van der Waals surface area (Å²) in [5.41, 5.74) is 1.71. The molecule has 1 aromatic carbocycles. The van der Waals surface area contributed by atoms with Crippen molar-refractivity contribution in [3.63, 3.8) is 0 Å². The summed E-state index contributed by atoms with van der Waals surface area (Å²) >= 11 is 0. The Balaban J connectivity index is 2.15. The molecule has 2 N–H and O–H groups in total. The van der Waals surface area contributed by atoms with Crippen molar-refractivity contribution in [3.05, 3.63) is 71.0 Å². The second-order valence-electron chi connectivity index (χ2n) is 6.59. The molecule has 1 aromatic rings. The molecule has 1 amide bonds. The van der Waals surface area contributed by atoms with Crippen LogP contribution >= 0.6 is 0 Å². The normalized spacial score (nSPS) is 21.3. The lowest BCUT2D eigenvalue weighted by Gasteiger charge is -2.24. The highest BCUT2D eigenvalue weighted by Gasteiger charge is 2.22. The highest BCUT2D eigenvalue weighted by molar-refractivity contribution is 5.84. The Labute approximate surface area is 153 Å². The van der Waals surface area contributed by atoms with Gasteiger partial charge >= 0.3 is 0 Å². The third-order valence-electron chi connectivity index (χ3n) is 4.61. The number of aliphatic hydroxyl groups is 1. The average Bonchev–Trinajstić information content (AvgIpc) is 2.60. The minimum Gasteiger partial charge on any atom is -0.378 e. The van der Waals surface area contributed by atoms with Gasteiger partial charge in [0.25, 0.3) is 5.91 Å². The Kier molecular flexibility index (Phi) is 6.86. The molecule has 2 rings (SSSR count). The number of allylic oxidation sites excluding steroid dienone is 5. The first-order valence-electron chi connectivity index (χ1n) is 8.86. The Morgan fingerprint density at radius 3 is 2.50 bits per heavy atom. The zero-order valence-corrected chi connectivity index (χ0v) is 15.3. The first kappa shape index (κ1) is 20.0. The van der Waals surface area contributed by atoms with Crippen molar-refractivity contribution in [2.45, 2.75) is 39.7 Å². The summed E-state index contributed by atoms with van der Waals surface area (Å²) in [6.07, 6.45) is 8.24. The second-order valence-corrected chi connectivity index (χ2v) is 6.59.